The third-order valence-electron chi connectivity index (χ3n) is 17.0. The number of carbonyl (C=O) groups excluding carboxylic acids is 7. The van der Waals surface area contributed by atoms with E-state index < -0.39 is 12.2 Å². The van der Waals surface area contributed by atoms with Gasteiger partial charge in [0, 0.05) is 89.8 Å². The molecule has 0 heterocycles. The molecule has 0 aromatic rings. The minimum atomic E-state index is -0.798. The van der Waals surface area contributed by atoms with E-state index in [1.165, 1.54) is 83.5 Å². The average molecular weight is 1070 g/mol. The zero-order valence-electron chi connectivity index (χ0n) is 51.8. The van der Waals surface area contributed by atoms with Crippen LogP contribution in [0.25, 0.3) is 0 Å². The summed E-state index contributed by atoms with van der Waals surface area (Å²) in [6.07, 6.45) is 29.7. The molecular formula is C67H118O9. The van der Waals surface area contributed by atoms with Crippen LogP contribution in [0.1, 0.15) is 271 Å². The maximum Gasteiger partial charge on any atom is 0.161 e. The monoisotopic (exact) mass is 1070 g/mol. The number of carbonyl (C=O) groups is 7. The highest BCUT2D eigenvalue weighted by Crippen LogP contribution is 2.34. The standard InChI is InChI=1S/C11H18O3.2C11H20O.C10H18O.C9H16O.C8H14O.C7H12O/c1-6(2)10(13)8-4-7(3)11(14)9(12)5-8;1-8(2)11(12)10-6-4-9(3)5-7-10;1-9(2)11(12)8-10-6-4-3-5-7-10;1-8(2)10(11)9-6-4-3-5-7-9;1-7(2)9(10)8-5-3-4-6-8;1-6(2)8(9)7-4-3-5-7;1-5(2)7(8)6-3-4-6/h4,6-7,9,11-12,14H,5H2,1-3H3;8-10H,4-7H2,1-3H3;9-10H,3-8H2,1-2H3;8-9H,3-7H2,1-2H3;7-8H,3-6H2,1-2H3;6-7H,3-5H2,1-2H3;5-6H,3-4H2,1-2H3. The number of hydrogen-bond donors (Lipinski definition) is 2. The van der Waals surface area contributed by atoms with Gasteiger partial charge >= 0.3 is 0 Å². The van der Waals surface area contributed by atoms with Crippen LogP contribution in [0.15, 0.2) is 11.6 Å². The summed E-state index contributed by atoms with van der Waals surface area (Å²) in [4.78, 5) is 79.5. The highest BCUT2D eigenvalue weighted by atomic mass is 16.3. The number of rotatable bonds is 15. The number of ketones is 7. The molecule has 6 saturated carbocycles. The van der Waals surface area contributed by atoms with Crippen molar-refractivity contribution in [3.05, 3.63) is 11.6 Å². The summed E-state index contributed by atoms with van der Waals surface area (Å²) in [6, 6.07) is 0. The van der Waals surface area contributed by atoms with Crippen LogP contribution in [0.4, 0.5) is 0 Å². The summed E-state index contributed by atoms with van der Waals surface area (Å²) in [5.74, 6) is 7.92. The third kappa shape index (κ3) is 28.5. The summed E-state index contributed by atoms with van der Waals surface area (Å²) in [6.45, 7) is 31.8. The molecular weight excluding hydrogens is 949 g/mol. The minimum Gasteiger partial charge on any atom is -0.390 e. The Balaban J connectivity index is 0.000000446. The van der Waals surface area contributed by atoms with E-state index in [1.54, 1.807) is 13.0 Å². The molecule has 7 rings (SSSR count). The molecule has 0 radical (unpaired) electrons. The third-order valence-corrected chi connectivity index (χ3v) is 17.0. The van der Waals surface area contributed by atoms with Crippen molar-refractivity contribution >= 4 is 40.5 Å². The minimum absolute atomic E-state index is 0.0455. The lowest BCUT2D eigenvalue weighted by atomic mass is 9.78. The van der Waals surface area contributed by atoms with Crippen LogP contribution in [0.3, 0.4) is 0 Å². The van der Waals surface area contributed by atoms with Crippen molar-refractivity contribution in [3.8, 4) is 0 Å². The van der Waals surface area contributed by atoms with Crippen molar-refractivity contribution in [3.63, 3.8) is 0 Å². The molecule has 2 N–H and O–H groups in total. The Morgan fingerprint density at radius 3 is 0.974 bits per heavy atom. The van der Waals surface area contributed by atoms with E-state index >= 15 is 0 Å². The maximum atomic E-state index is 11.6. The fourth-order valence-electron chi connectivity index (χ4n) is 11.2. The quantitative estimate of drug-likeness (QED) is 0.163. The van der Waals surface area contributed by atoms with Crippen molar-refractivity contribution in [2.45, 2.75) is 284 Å². The van der Waals surface area contributed by atoms with Crippen LogP contribution >= 0.6 is 0 Å². The summed E-state index contributed by atoms with van der Waals surface area (Å²) in [7, 11) is 0. The Kier molecular flexibility index (Phi) is 35.8. The molecule has 0 saturated heterocycles. The normalized spacial score (nSPS) is 24.1. The molecule has 9 nitrogen and oxygen atoms in total. The molecule has 0 bridgehead atoms. The number of hydrogen-bond acceptors (Lipinski definition) is 9. The molecule has 9 heteroatoms. The molecule has 7 aliphatic carbocycles. The van der Waals surface area contributed by atoms with Crippen LogP contribution < -0.4 is 0 Å². The molecule has 76 heavy (non-hydrogen) atoms. The second-order valence-corrected chi connectivity index (χ2v) is 26.6. The zero-order chi connectivity index (χ0) is 57.8. The van der Waals surface area contributed by atoms with Crippen molar-refractivity contribution < 1.29 is 43.8 Å². The molecule has 0 spiro atoms. The second-order valence-electron chi connectivity index (χ2n) is 26.6. The molecule has 440 valence electrons. The Morgan fingerprint density at radius 1 is 0.395 bits per heavy atom. The Morgan fingerprint density at radius 2 is 0.697 bits per heavy atom. The van der Waals surface area contributed by atoms with Gasteiger partial charge in [0.05, 0.1) is 12.2 Å². The molecule has 3 unspecified atom stereocenters. The van der Waals surface area contributed by atoms with Crippen LogP contribution in [0, 0.1) is 88.8 Å². The van der Waals surface area contributed by atoms with Gasteiger partial charge in [0.25, 0.3) is 0 Å². The largest absolute Gasteiger partial charge is 0.390 e. The fraction of sp³-hybridized carbons (Fsp3) is 0.866. The molecule has 7 aliphatic rings. The SMILES string of the molecule is CC(C)C(=O)C1=CC(C)C(O)C(O)C1.CC(C)C(=O)C1CC1.CC(C)C(=O)C1CCC1.CC(C)C(=O)C1CCCC1.CC(C)C(=O)C1CCCCC1.CC(C)C(=O)CC1CCCCC1.CC1CCC(C(=O)C(C)C)CC1. The molecule has 0 aliphatic heterocycles. The van der Waals surface area contributed by atoms with E-state index in [0.717, 1.165) is 76.5 Å². The highest BCUT2D eigenvalue weighted by molar-refractivity contribution is 5.97. The number of aliphatic hydroxyl groups is 2. The van der Waals surface area contributed by atoms with Crippen molar-refractivity contribution in [1.29, 1.82) is 0 Å². The van der Waals surface area contributed by atoms with Gasteiger partial charge in [-0.3, -0.25) is 33.6 Å². The Labute approximate surface area is 466 Å². The van der Waals surface area contributed by atoms with Gasteiger partial charge in [-0.25, -0.2) is 0 Å². The second kappa shape index (κ2) is 38.1. The number of aliphatic hydroxyl groups excluding tert-OH is 2. The van der Waals surface area contributed by atoms with E-state index in [-0.39, 0.29) is 59.5 Å². The van der Waals surface area contributed by atoms with Crippen molar-refractivity contribution in [2.24, 2.45) is 88.8 Å². The first-order chi connectivity index (χ1) is 35.6. The van der Waals surface area contributed by atoms with E-state index in [0.29, 0.717) is 75.8 Å². The van der Waals surface area contributed by atoms with Crippen LogP contribution in [-0.4, -0.2) is 62.9 Å². The van der Waals surface area contributed by atoms with Gasteiger partial charge in [-0.1, -0.05) is 200 Å². The molecule has 6 fully saturated rings. The summed E-state index contributed by atoms with van der Waals surface area (Å²) >= 11 is 0. The molecule has 0 amide bonds. The first-order valence-electron chi connectivity index (χ1n) is 31.4. The number of Topliss-reactive ketones (excluding diaryl/α,β-unsaturated/α-hetero) is 7. The van der Waals surface area contributed by atoms with E-state index in [2.05, 4.69) is 6.92 Å². The lowest BCUT2D eigenvalue weighted by Gasteiger charge is -2.28. The Hall–Kier alpha value is -2.65. The van der Waals surface area contributed by atoms with Crippen molar-refractivity contribution in [1.82, 2.24) is 0 Å². The topological polar surface area (TPSA) is 160 Å². The van der Waals surface area contributed by atoms with Gasteiger partial charge in [-0.05, 0) is 81.6 Å². The molecule has 0 aromatic heterocycles. The maximum absolute atomic E-state index is 11.6. The van der Waals surface area contributed by atoms with E-state index in [9.17, 15) is 43.8 Å². The lowest BCUT2D eigenvalue weighted by molar-refractivity contribution is -0.128. The fourth-order valence-corrected chi connectivity index (χ4v) is 11.2. The van der Waals surface area contributed by atoms with Gasteiger partial charge in [-0.15, -0.1) is 0 Å². The van der Waals surface area contributed by atoms with Crippen LogP contribution in [0.2, 0.25) is 0 Å². The van der Waals surface area contributed by atoms with Gasteiger partial charge in [-0.2, -0.15) is 0 Å². The zero-order valence-corrected chi connectivity index (χ0v) is 51.8. The molecule has 0 aromatic carbocycles. The van der Waals surface area contributed by atoms with Crippen LogP contribution in [0.5, 0.6) is 0 Å². The first-order valence-corrected chi connectivity index (χ1v) is 31.4. The first kappa shape index (κ1) is 71.4. The van der Waals surface area contributed by atoms with Gasteiger partial charge in [0.2, 0.25) is 0 Å². The van der Waals surface area contributed by atoms with Gasteiger partial charge in [0.15, 0.2) is 5.78 Å². The summed E-state index contributed by atoms with van der Waals surface area (Å²) in [5.41, 5.74) is 0.658. The van der Waals surface area contributed by atoms with Crippen molar-refractivity contribution in [2.75, 3.05) is 0 Å². The predicted molar refractivity (Wildman–Crippen MR) is 314 cm³/mol. The summed E-state index contributed by atoms with van der Waals surface area (Å²) < 4.78 is 0. The lowest BCUT2D eigenvalue weighted by Crippen LogP contribution is -2.36. The average Bonchev–Trinajstić information content (AvgIpc) is 4.08. The Bertz CT molecular complexity index is 1710. The highest BCUT2D eigenvalue weighted by Gasteiger charge is 2.32. The predicted octanol–water partition coefficient (Wildman–Crippen LogP) is 15.9. The van der Waals surface area contributed by atoms with Gasteiger partial charge in [0.1, 0.15) is 34.7 Å². The van der Waals surface area contributed by atoms with E-state index in [1.807, 2.05) is 96.9 Å². The van der Waals surface area contributed by atoms with Crippen LogP contribution in [-0.2, 0) is 33.6 Å². The van der Waals surface area contributed by atoms with E-state index in [4.69, 9.17) is 0 Å². The molecule has 3 atom stereocenters. The van der Waals surface area contributed by atoms with Gasteiger partial charge < -0.3 is 10.2 Å². The smallest absolute Gasteiger partial charge is 0.161 e. The summed E-state index contributed by atoms with van der Waals surface area (Å²) in [5, 5.41) is 19.0.